The van der Waals surface area contributed by atoms with Crippen molar-refractivity contribution in [2.75, 3.05) is 46.9 Å². The van der Waals surface area contributed by atoms with Crippen molar-refractivity contribution in [2.45, 2.75) is 13.1 Å². The van der Waals surface area contributed by atoms with Crippen molar-refractivity contribution in [1.29, 1.82) is 0 Å². The van der Waals surface area contributed by atoms with Crippen LogP contribution in [0.25, 0.3) is 0 Å². The zero-order valence-electron chi connectivity index (χ0n) is 17.1. The average Bonchev–Trinajstić information content (AvgIpc) is 2.73. The zero-order chi connectivity index (χ0) is 20.6. The van der Waals surface area contributed by atoms with Crippen LogP contribution >= 0.6 is 11.6 Å². The number of carbonyl (C=O) groups excluding carboxylic acids is 1. The van der Waals surface area contributed by atoms with Gasteiger partial charge in [0.2, 0.25) is 0 Å². The third-order valence-electron chi connectivity index (χ3n) is 5.38. The summed E-state index contributed by atoms with van der Waals surface area (Å²) in [6, 6.07) is 13.5. The fraction of sp³-hybridized carbons (Fsp3) is 0.409. The van der Waals surface area contributed by atoms with E-state index >= 15 is 0 Å². The standard InChI is InChI=1S/C22H28ClN3O3/c1-28-20-6-7-21(29-2)18(13-20)15-25-8-10-26(11-9-25)16-22(27)24-14-17-4-3-5-19(23)12-17/h3-7,12-13H,8-11,14-16H2,1-2H3,(H,24,27)/p+2. The molecule has 0 aliphatic carbocycles. The van der Waals surface area contributed by atoms with E-state index in [0.717, 1.165) is 55.3 Å². The first-order valence-corrected chi connectivity index (χ1v) is 10.3. The SMILES string of the molecule is COc1ccc(OC)c(C[NH+]2CC[NH+](CC(=O)NCc3cccc(Cl)c3)CC2)c1. The molecule has 1 saturated heterocycles. The van der Waals surface area contributed by atoms with Gasteiger partial charge in [-0.1, -0.05) is 23.7 Å². The summed E-state index contributed by atoms with van der Waals surface area (Å²) in [6.45, 7) is 5.93. The summed E-state index contributed by atoms with van der Waals surface area (Å²) >= 11 is 5.99. The maximum Gasteiger partial charge on any atom is 0.275 e. The molecular weight excluding hydrogens is 390 g/mol. The number of hydrogen-bond donors (Lipinski definition) is 3. The molecule has 1 aliphatic heterocycles. The summed E-state index contributed by atoms with van der Waals surface area (Å²) < 4.78 is 10.8. The van der Waals surface area contributed by atoms with Crippen molar-refractivity contribution in [2.24, 2.45) is 0 Å². The number of amides is 1. The number of benzene rings is 2. The van der Waals surface area contributed by atoms with Gasteiger partial charge in [0.25, 0.3) is 5.91 Å². The van der Waals surface area contributed by atoms with Gasteiger partial charge in [-0.05, 0) is 35.9 Å². The lowest BCUT2D eigenvalue weighted by Gasteiger charge is -2.29. The molecule has 1 fully saturated rings. The van der Waals surface area contributed by atoms with E-state index in [-0.39, 0.29) is 5.91 Å². The summed E-state index contributed by atoms with van der Waals surface area (Å²) in [7, 11) is 3.38. The van der Waals surface area contributed by atoms with Crippen LogP contribution in [0.4, 0.5) is 0 Å². The van der Waals surface area contributed by atoms with Gasteiger partial charge < -0.3 is 24.6 Å². The van der Waals surface area contributed by atoms with Crippen LogP contribution in [0.2, 0.25) is 5.02 Å². The molecule has 29 heavy (non-hydrogen) atoms. The van der Waals surface area contributed by atoms with E-state index in [1.165, 1.54) is 9.80 Å². The monoisotopic (exact) mass is 419 g/mol. The quantitative estimate of drug-likeness (QED) is 0.562. The predicted octanol–water partition coefficient (Wildman–Crippen LogP) is -0.0430. The molecule has 1 aliphatic rings. The van der Waals surface area contributed by atoms with Crippen molar-refractivity contribution in [3.63, 3.8) is 0 Å². The summed E-state index contributed by atoms with van der Waals surface area (Å²) in [5.41, 5.74) is 2.17. The van der Waals surface area contributed by atoms with E-state index in [4.69, 9.17) is 21.1 Å². The van der Waals surface area contributed by atoms with Crippen molar-refractivity contribution in [1.82, 2.24) is 5.32 Å². The molecule has 1 heterocycles. The lowest BCUT2D eigenvalue weighted by molar-refractivity contribution is -1.02. The molecule has 3 rings (SSSR count). The Bertz CT molecular complexity index is 823. The second-order valence-corrected chi connectivity index (χ2v) is 7.87. The normalized spacial score (nSPS) is 18.9. The Labute approximate surface area is 177 Å². The lowest BCUT2D eigenvalue weighted by atomic mass is 10.1. The molecule has 156 valence electrons. The smallest absolute Gasteiger partial charge is 0.275 e. The number of carbonyl (C=O) groups is 1. The molecular formula is C22H30ClN3O3+2. The van der Waals surface area contributed by atoms with Gasteiger partial charge in [0, 0.05) is 11.6 Å². The fourth-order valence-corrected chi connectivity index (χ4v) is 3.95. The number of nitrogens with one attached hydrogen (secondary N) is 3. The minimum atomic E-state index is 0.0814. The first kappa shape index (κ1) is 21.4. The maximum atomic E-state index is 12.3. The second kappa shape index (κ2) is 10.5. The second-order valence-electron chi connectivity index (χ2n) is 7.44. The van der Waals surface area contributed by atoms with Crippen LogP contribution in [0, 0.1) is 0 Å². The molecule has 0 unspecified atom stereocenters. The Morgan fingerprint density at radius 2 is 1.79 bits per heavy atom. The largest absolute Gasteiger partial charge is 0.497 e. The molecule has 0 saturated carbocycles. The highest BCUT2D eigenvalue weighted by molar-refractivity contribution is 6.30. The molecule has 7 heteroatoms. The van der Waals surface area contributed by atoms with Crippen molar-refractivity contribution in [3.8, 4) is 11.5 Å². The number of methoxy groups -OCH3 is 2. The number of quaternary nitrogens is 2. The van der Waals surface area contributed by atoms with Crippen molar-refractivity contribution in [3.05, 3.63) is 58.6 Å². The van der Waals surface area contributed by atoms with Crippen LogP contribution in [0.1, 0.15) is 11.1 Å². The molecule has 0 atom stereocenters. The van der Waals surface area contributed by atoms with Gasteiger partial charge in [-0.25, -0.2) is 0 Å². The van der Waals surface area contributed by atoms with Gasteiger partial charge in [0.15, 0.2) is 6.54 Å². The van der Waals surface area contributed by atoms with Crippen LogP contribution in [-0.2, 0) is 17.9 Å². The van der Waals surface area contributed by atoms with Crippen LogP contribution in [0.5, 0.6) is 11.5 Å². The number of ether oxygens (including phenoxy) is 2. The van der Waals surface area contributed by atoms with Gasteiger partial charge in [-0.3, -0.25) is 4.79 Å². The van der Waals surface area contributed by atoms with Crippen molar-refractivity contribution >= 4 is 17.5 Å². The highest BCUT2D eigenvalue weighted by Gasteiger charge is 2.25. The van der Waals surface area contributed by atoms with E-state index in [2.05, 4.69) is 5.32 Å². The third-order valence-corrected chi connectivity index (χ3v) is 5.62. The van der Waals surface area contributed by atoms with Gasteiger partial charge in [-0.2, -0.15) is 0 Å². The van der Waals surface area contributed by atoms with Gasteiger partial charge in [-0.15, -0.1) is 0 Å². The van der Waals surface area contributed by atoms with Crippen molar-refractivity contribution < 1.29 is 24.1 Å². The first-order chi connectivity index (χ1) is 14.1. The van der Waals surface area contributed by atoms with E-state index in [0.29, 0.717) is 18.1 Å². The predicted molar refractivity (Wildman–Crippen MR) is 113 cm³/mol. The Kier molecular flexibility index (Phi) is 7.75. The number of rotatable bonds is 8. The van der Waals surface area contributed by atoms with E-state index in [1.807, 2.05) is 42.5 Å². The Morgan fingerprint density at radius 1 is 1.03 bits per heavy atom. The number of hydrogen-bond acceptors (Lipinski definition) is 3. The molecule has 0 aromatic heterocycles. The lowest BCUT2D eigenvalue weighted by Crippen LogP contribution is -3.28. The highest BCUT2D eigenvalue weighted by atomic mass is 35.5. The number of piperazine rings is 1. The van der Waals surface area contributed by atoms with Crippen LogP contribution < -0.4 is 24.6 Å². The van der Waals surface area contributed by atoms with Gasteiger partial charge >= 0.3 is 0 Å². The van der Waals surface area contributed by atoms with Gasteiger partial charge in [0.05, 0.1) is 19.8 Å². The molecule has 3 N–H and O–H groups in total. The highest BCUT2D eigenvalue weighted by Crippen LogP contribution is 2.23. The van der Waals surface area contributed by atoms with E-state index in [9.17, 15) is 4.79 Å². The van der Waals surface area contributed by atoms with E-state index < -0.39 is 0 Å². The van der Waals surface area contributed by atoms with Gasteiger partial charge in [0.1, 0.15) is 44.2 Å². The molecule has 0 bridgehead atoms. The topological polar surface area (TPSA) is 56.4 Å². The molecule has 0 radical (unpaired) electrons. The Morgan fingerprint density at radius 3 is 2.48 bits per heavy atom. The van der Waals surface area contributed by atoms with Crippen LogP contribution in [0.15, 0.2) is 42.5 Å². The Balaban J connectivity index is 1.44. The summed E-state index contributed by atoms with van der Waals surface area (Å²) in [5.74, 6) is 1.83. The third kappa shape index (κ3) is 6.35. The summed E-state index contributed by atoms with van der Waals surface area (Å²) in [5, 5.41) is 3.69. The van der Waals surface area contributed by atoms with Crippen LogP contribution in [0.3, 0.4) is 0 Å². The minimum Gasteiger partial charge on any atom is -0.497 e. The minimum absolute atomic E-state index is 0.0814. The number of halogens is 1. The molecule has 0 spiro atoms. The molecule has 6 nitrogen and oxygen atoms in total. The molecule has 1 amide bonds. The average molecular weight is 420 g/mol. The maximum absolute atomic E-state index is 12.3. The summed E-state index contributed by atoms with van der Waals surface area (Å²) in [4.78, 5) is 15.1. The van der Waals surface area contributed by atoms with E-state index in [1.54, 1.807) is 14.2 Å². The van der Waals surface area contributed by atoms with Crippen LogP contribution in [-0.4, -0.2) is 52.9 Å². The first-order valence-electron chi connectivity index (χ1n) is 9.96. The molecule has 2 aromatic carbocycles. The fourth-order valence-electron chi connectivity index (χ4n) is 3.74. The molecule has 2 aromatic rings. The Hall–Kier alpha value is -2.28. The summed E-state index contributed by atoms with van der Waals surface area (Å²) in [6.07, 6.45) is 0. The zero-order valence-corrected chi connectivity index (χ0v) is 17.8.